The van der Waals surface area contributed by atoms with Crippen molar-refractivity contribution in [1.82, 2.24) is 0 Å². The molecule has 4 nitrogen and oxygen atoms in total. The van der Waals surface area contributed by atoms with Gasteiger partial charge in [0.15, 0.2) is 0 Å². The summed E-state index contributed by atoms with van der Waals surface area (Å²) in [5.41, 5.74) is 1.90. The predicted octanol–water partition coefficient (Wildman–Crippen LogP) is 4.00. The molecule has 2 rings (SSSR count). The predicted molar refractivity (Wildman–Crippen MR) is 94.0 cm³/mol. The van der Waals surface area contributed by atoms with Crippen LogP contribution in [0.5, 0.6) is 0 Å². The minimum absolute atomic E-state index is 0.171. The average molecular weight is 350 g/mol. The molecule has 0 saturated carbocycles. The lowest BCUT2D eigenvalue weighted by Gasteiger charge is -2.09. The largest absolute Gasteiger partial charge is 0.465 e. The summed E-state index contributed by atoms with van der Waals surface area (Å²) in [7, 11) is 1.30. The number of hydrogen-bond donors (Lipinski definition) is 1. The fourth-order valence-corrected chi connectivity index (χ4v) is 2.84. The van der Waals surface area contributed by atoms with Crippen LogP contribution in [0, 0.1) is 0 Å². The molecular formula is C17H16ClNO3S. The molecular weight excluding hydrogens is 334 g/mol. The summed E-state index contributed by atoms with van der Waals surface area (Å²) in [6.07, 6.45) is 0. The molecule has 2 aromatic rings. The number of halogens is 1. The van der Waals surface area contributed by atoms with Gasteiger partial charge in [0.25, 0.3) is 0 Å². The highest BCUT2D eigenvalue weighted by atomic mass is 35.5. The maximum atomic E-state index is 12.0. The van der Waals surface area contributed by atoms with Crippen molar-refractivity contribution in [3.63, 3.8) is 0 Å². The molecule has 0 saturated heterocycles. The number of thioether (sulfide) groups is 1. The van der Waals surface area contributed by atoms with Gasteiger partial charge in [-0.25, -0.2) is 4.79 Å². The molecule has 1 N–H and O–H groups in total. The van der Waals surface area contributed by atoms with Gasteiger partial charge in [-0.15, -0.1) is 11.8 Å². The molecule has 0 radical (unpaired) electrons. The van der Waals surface area contributed by atoms with E-state index in [0.29, 0.717) is 22.0 Å². The number of esters is 1. The van der Waals surface area contributed by atoms with E-state index >= 15 is 0 Å². The third-order valence-electron chi connectivity index (χ3n) is 3.01. The lowest BCUT2D eigenvalue weighted by atomic mass is 10.2. The third-order valence-corrected chi connectivity index (χ3v) is 4.34. The highest BCUT2D eigenvalue weighted by Gasteiger charge is 2.11. The van der Waals surface area contributed by atoms with Crippen molar-refractivity contribution in [3.8, 4) is 0 Å². The second kappa shape index (κ2) is 8.60. The van der Waals surface area contributed by atoms with Crippen LogP contribution in [0.2, 0.25) is 5.02 Å². The van der Waals surface area contributed by atoms with E-state index in [4.69, 9.17) is 11.6 Å². The van der Waals surface area contributed by atoms with Gasteiger partial charge in [-0.2, -0.15) is 0 Å². The smallest absolute Gasteiger partial charge is 0.337 e. The molecule has 0 unspecified atom stereocenters. The highest BCUT2D eigenvalue weighted by molar-refractivity contribution is 7.99. The Labute approximate surface area is 144 Å². The van der Waals surface area contributed by atoms with Crippen LogP contribution >= 0.6 is 23.4 Å². The molecule has 120 valence electrons. The van der Waals surface area contributed by atoms with Crippen LogP contribution in [0.4, 0.5) is 5.69 Å². The molecule has 0 spiro atoms. The van der Waals surface area contributed by atoms with Crippen molar-refractivity contribution in [2.45, 2.75) is 5.75 Å². The van der Waals surface area contributed by atoms with Crippen molar-refractivity contribution in [2.75, 3.05) is 18.2 Å². The van der Waals surface area contributed by atoms with Gasteiger partial charge in [0, 0.05) is 5.75 Å². The molecule has 0 bridgehead atoms. The Morgan fingerprint density at radius 2 is 1.91 bits per heavy atom. The molecule has 1 amide bonds. The fraction of sp³-hybridized carbons (Fsp3) is 0.176. The standard InChI is InChI=1S/C17H16ClNO3S/c1-22-17(21)13-7-8-14(18)15(9-13)19-16(20)11-23-10-12-5-3-2-4-6-12/h2-9H,10-11H2,1H3,(H,19,20). The van der Waals surface area contributed by atoms with Crippen LogP contribution in [0.25, 0.3) is 0 Å². The number of ether oxygens (including phenoxy) is 1. The number of anilines is 1. The molecule has 0 aliphatic carbocycles. The lowest BCUT2D eigenvalue weighted by molar-refractivity contribution is -0.113. The number of amides is 1. The maximum absolute atomic E-state index is 12.0. The summed E-state index contributed by atoms with van der Waals surface area (Å²) in [6, 6.07) is 14.5. The van der Waals surface area contributed by atoms with Gasteiger partial charge >= 0.3 is 5.97 Å². The van der Waals surface area contributed by atoms with Crippen molar-refractivity contribution < 1.29 is 14.3 Å². The molecule has 0 aromatic heterocycles. The average Bonchev–Trinajstić information content (AvgIpc) is 2.57. The monoisotopic (exact) mass is 349 g/mol. The second-order valence-corrected chi connectivity index (χ2v) is 6.11. The van der Waals surface area contributed by atoms with E-state index in [0.717, 1.165) is 11.3 Å². The SMILES string of the molecule is COC(=O)c1ccc(Cl)c(NC(=O)CSCc2ccccc2)c1. The summed E-state index contributed by atoms with van der Waals surface area (Å²) < 4.78 is 4.65. The summed E-state index contributed by atoms with van der Waals surface area (Å²) >= 11 is 7.55. The molecule has 6 heteroatoms. The van der Waals surface area contributed by atoms with E-state index in [-0.39, 0.29) is 5.91 Å². The minimum Gasteiger partial charge on any atom is -0.465 e. The van der Waals surface area contributed by atoms with E-state index in [2.05, 4.69) is 10.1 Å². The first kappa shape index (κ1) is 17.4. The van der Waals surface area contributed by atoms with Gasteiger partial charge < -0.3 is 10.1 Å². The third kappa shape index (κ3) is 5.30. The van der Waals surface area contributed by atoms with Gasteiger partial charge in [0.05, 0.1) is 29.1 Å². The van der Waals surface area contributed by atoms with Crippen LogP contribution in [-0.2, 0) is 15.3 Å². The van der Waals surface area contributed by atoms with Gasteiger partial charge in [-0.1, -0.05) is 41.9 Å². The number of nitrogens with one attached hydrogen (secondary N) is 1. The van der Waals surface area contributed by atoms with Crippen molar-refractivity contribution in [2.24, 2.45) is 0 Å². The normalized spacial score (nSPS) is 10.2. The second-order valence-electron chi connectivity index (χ2n) is 4.71. The summed E-state index contributed by atoms with van der Waals surface area (Å²) in [5.74, 6) is 0.406. The van der Waals surface area contributed by atoms with E-state index < -0.39 is 5.97 Å². The van der Waals surface area contributed by atoms with Gasteiger partial charge in [-0.3, -0.25) is 4.79 Å². The number of hydrogen-bond acceptors (Lipinski definition) is 4. The summed E-state index contributed by atoms with van der Waals surface area (Å²) in [5, 5.41) is 3.09. The Bertz CT molecular complexity index is 691. The van der Waals surface area contributed by atoms with Gasteiger partial charge in [0.2, 0.25) is 5.91 Å². The molecule has 0 atom stereocenters. The maximum Gasteiger partial charge on any atom is 0.337 e. The quantitative estimate of drug-likeness (QED) is 0.801. The van der Waals surface area contributed by atoms with Crippen LogP contribution in [0.1, 0.15) is 15.9 Å². The highest BCUT2D eigenvalue weighted by Crippen LogP contribution is 2.24. The first-order valence-electron chi connectivity index (χ1n) is 6.89. The van der Waals surface area contributed by atoms with Crippen molar-refractivity contribution in [3.05, 3.63) is 64.7 Å². The van der Waals surface area contributed by atoms with E-state index in [1.165, 1.54) is 24.9 Å². The van der Waals surface area contributed by atoms with E-state index in [1.807, 2.05) is 30.3 Å². The van der Waals surface area contributed by atoms with E-state index in [1.54, 1.807) is 12.1 Å². The van der Waals surface area contributed by atoms with Crippen LogP contribution in [-0.4, -0.2) is 24.7 Å². The van der Waals surface area contributed by atoms with Crippen molar-refractivity contribution >= 4 is 40.9 Å². The number of carbonyl (C=O) groups excluding carboxylic acids is 2. The molecule has 23 heavy (non-hydrogen) atoms. The Hall–Kier alpha value is -1.98. The number of rotatable bonds is 6. The first-order chi connectivity index (χ1) is 11.1. The summed E-state index contributed by atoms with van der Waals surface area (Å²) in [4.78, 5) is 23.5. The summed E-state index contributed by atoms with van der Waals surface area (Å²) in [6.45, 7) is 0. The zero-order chi connectivity index (χ0) is 16.7. The Morgan fingerprint density at radius 3 is 2.61 bits per heavy atom. The minimum atomic E-state index is -0.476. The Morgan fingerprint density at radius 1 is 1.17 bits per heavy atom. The number of methoxy groups -OCH3 is 1. The fourth-order valence-electron chi connectivity index (χ4n) is 1.89. The van der Waals surface area contributed by atoms with E-state index in [9.17, 15) is 9.59 Å². The molecule has 0 aliphatic heterocycles. The Kier molecular flexibility index (Phi) is 6.50. The van der Waals surface area contributed by atoms with Gasteiger partial charge in [-0.05, 0) is 23.8 Å². The van der Waals surface area contributed by atoms with Crippen LogP contribution in [0.15, 0.2) is 48.5 Å². The molecule has 0 heterocycles. The zero-order valence-corrected chi connectivity index (χ0v) is 14.1. The Balaban J connectivity index is 1.91. The first-order valence-corrected chi connectivity index (χ1v) is 8.43. The molecule has 2 aromatic carbocycles. The molecule has 0 aliphatic rings. The van der Waals surface area contributed by atoms with Crippen LogP contribution in [0.3, 0.4) is 0 Å². The number of benzene rings is 2. The topological polar surface area (TPSA) is 55.4 Å². The van der Waals surface area contributed by atoms with Gasteiger partial charge in [0.1, 0.15) is 0 Å². The zero-order valence-electron chi connectivity index (χ0n) is 12.5. The lowest BCUT2D eigenvalue weighted by Crippen LogP contribution is -2.15. The van der Waals surface area contributed by atoms with Crippen LogP contribution < -0.4 is 5.32 Å². The number of carbonyl (C=O) groups is 2. The van der Waals surface area contributed by atoms with Crippen molar-refractivity contribution in [1.29, 1.82) is 0 Å². The molecule has 0 fully saturated rings.